The summed E-state index contributed by atoms with van der Waals surface area (Å²) < 4.78 is 0. The van der Waals surface area contributed by atoms with Crippen molar-refractivity contribution in [2.75, 3.05) is 6.54 Å². The summed E-state index contributed by atoms with van der Waals surface area (Å²) >= 11 is 0. The van der Waals surface area contributed by atoms with E-state index in [9.17, 15) is 4.79 Å². The van der Waals surface area contributed by atoms with Gasteiger partial charge in [-0.05, 0) is 32.4 Å². The second kappa shape index (κ2) is 6.23. The van der Waals surface area contributed by atoms with E-state index in [0.717, 1.165) is 11.3 Å². The Kier molecular flexibility index (Phi) is 4.92. The third-order valence-electron chi connectivity index (χ3n) is 2.17. The van der Waals surface area contributed by atoms with E-state index < -0.39 is 0 Å². The van der Waals surface area contributed by atoms with Gasteiger partial charge >= 0.3 is 0 Å². The molecule has 0 aliphatic heterocycles. The molecule has 4 nitrogen and oxygen atoms in total. The topological polar surface area (TPSA) is 54.0 Å². The fourth-order valence-electron chi connectivity index (χ4n) is 1.39. The zero-order valence-corrected chi connectivity index (χ0v) is 10.1. The van der Waals surface area contributed by atoms with Gasteiger partial charge in [0.05, 0.1) is 6.54 Å². The molecule has 1 rings (SSSR count). The quantitative estimate of drug-likeness (QED) is 0.780. The molecule has 1 heterocycles. The van der Waals surface area contributed by atoms with Crippen molar-refractivity contribution >= 4 is 5.91 Å². The van der Waals surface area contributed by atoms with Crippen molar-refractivity contribution in [1.82, 2.24) is 15.6 Å². The van der Waals surface area contributed by atoms with Gasteiger partial charge in [-0.15, -0.1) is 0 Å². The number of hydrogen-bond donors (Lipinski definition) is 2. The predicted molar refractivity (Wildman–Crippen MR) is 64.0 cm³/mol. The van der Waals surface area contributed by atoms with Crippen LogP contribution in [0.15, 0.2) is 18.3 Å². The number of aromatic nitrogens is 1. The van der Waals surface area contributed by atoms with E-state index >= 15 is 0 Å². The Balaban J connectivity index is 2.31. The molecule has 1 aromatic heterocycles. The summed E-state index contributed by atoms with van der Waals surface area (Å²) in [6.07, 6.45) is 1.77. The van der Waals surface area contributed by atoms with Crippen LogP contribution in [0, 0.1) is 6.92 Å². The van der Waals surface area contributed by atoms with Crippen LogP contribution in [0.2, 0.25) is 0 Å². The van der Waals surface area contributed by atoms with E-state index in [2.05, 4.69) is 15.6 Å². The maximum Gasteiger partial charge on any atom is 0.234 e. The number of carbonyl (C=O) groups excluding carboxylic acids is 1. The van der Waals surface area contributed by atoms with E-state index in [1.54, 1.807) is 6.20 Å². The van der Waals surface area contributed by atoms with Crippen molar-refractivity contribution in [2.45, 2.75) is 33.4 Å². The number of rotatable bonds is 5. The molecular weight excluding hydrogens is 202 g/mol. The van der Waals surface area contributed by atoms with Gasteiger partial charge in [0, 0.05) is 24.5 Å². The standard InChI is InChI=1S/C12H19N3O/c1-9(2)15-12(16)8-13-7-11-5-4-6-14-10(11)3/h4-6,9,13H,7-8H2,1-3H3,(H,15,16). The van der Waals surface area contributed by atoms with Crippen LogP contribution >= 0.6 is 0 Å². The molecule has 0 radical (unpaired) electrons. The second-order valence-corrected chi connectivity index (χ2v) is 4.07. The van der Waals surface area contributed by atoms with Gasteiger partial charge in [-0.1, -0.05) is 6.07 Å². The van der Waals surface area contributed by atoms with Gasteiger partial charge in [0.15, 0.2) is 0 Å². The number of hydrogen-bond acceptors (Lipinski definition) is 3. The molecule has 0 aliphatic carbocycles. The highest BCUT2D eigenvalue weighted by Crippen LogP contribution is 2.01. The average molecular weight is 221 g/mol. The molecule has 16 heavy (non-hydrogen) atoms. The lowest BCUT2D eigenvalue weighted by Crippen LogP contribution is -2.37. The largest absolute Gasteiger partial charge is 0.353 e. The molecule has 1 aromatic rings. The third kappa shape index (κ3) is 4.40. The molecule has 0 saturated carbocycles. The summed E-state index contributed by atoms with van der Waals surface area (Å²) in [6, 6.07) is 4.10. The number of amides is 1. The van der Waals surface area contributed by atoms with Crippen molar-refractivity contribution in [3.05, 3.63) is 29.6 Å². The summed E-state index contributed by atoms with van der Waals surface area (Å²) in [5.74, 6) is 0.0246. The molecule has 0 atom stereocenters. The zero-order chi connectivity index (χ0) is 12.0. The van der Waals surface area contributed by atoms with Crippen LogP contribution in [0.4, 0.5) is 0 Å². The predicted octanol–water partition coefficient (Wildman–Crippen LogP) is 1.00. The number of pyridine rings is 1. The maximum atomic E-state index is 11.3. The first-order chi connectivity index (χ1) is 7.59. The number of nitrogens with one attached hydrogen (secondary N) is 2. The molecule has 0 spiro atoms. The Hall–Kier alpha value is -1.42. The smallest absolute Gasteiger partial charge is 0.234 e. The van der Waals surface area contributed by atoms with Gasteiger partial charge in [0.1, 0.15) is 0 Å². The van der Waals surface area contributed by atoms with Gasteiger partial charge in [0.2, 0.25) is 5.91 Å². The minimum Gasteiger partial charge on any atom is -0.353 e. The molecule has 0 aromatic carbocycles. The summed E-state index contributed by atoms with van der Waals surface area (Å²) in [7, 11) is 0. The van der Waals surface area contributed by atoms with Crippen LogP contribution in [0.25, 0.3) is 0 Å². The highest BCUT2D eigenvalue weighted by Gasteiger charge is 2.03. The van der Waals surface area contributed by atoms with Gasteiger partial charge in [-0.3, -0.25) is 9.78 Å². The Labute approximate surface area is 96.5 Å². The van der Waals surface area contributed by atoms with Gasteiger partial charge in [-0.2, -0.15) is 0 Å². The SMILES string of the molecule is Cc1ncccc1CNCC(=O)NC(C)C. The number of aryl methyl sites for hydroxylation is 1. The minimum absolute atomic E-state index is 0.0246. The molecule has 0 aliphatic rings. The van der Waals surface area contributed by atoms with E-state index in [0.29, 0.717) is 13.1 Å². The molecule has 0 bridgehead atoms. The van der Waals surface area contributed by atoms with Gasteiger partial charge in [-0.25, -0.2) is 0 Å². The average Bonchev–Trinajstić information content (AvgIpc) is 2.19. The Morgan fingerprint density at radius 3 is 2.88 bits per heavy atom. The van der Waals surface area contributed by atoms with E-state index in [1.807, 2.05) is 32.9 Å². The van der Waals surface area contributed by atoms with Crippen molar-refractivity contribution in [1.29, 1.82) is 0 Å². The second-order valence-electron chi connectivity index (χ2n) is 4.07. The maximum absolute atomic E-state index is 11.3. The zero-order valence-electron chi connectivity index (χ0n) is 10.1. The normalized spacial score (nSPS) is 10.5. The molecule has 0 unspecified atom stereocenters. The van der Waals surface area contributed by atoms with E-state index in [-0.39, 0.29) is 11.9 Å². The van der Waals surface area contributed by atoms with Crippen molar-refractivity contribution in [3.63, 3.8) is 0 Å². The van der Waals surface area contributed by atoms with Gasteiger partial charge in [0.25, 0.3) is 0 Å². The van der Waals surface area contributed by atoms with Crippen LogP contribution in [0.5, 0.6) is 0 Å². The van der Waals surface area contributed by atoms with E-state index in [4.69, 9.17) is 0 Å². The van der Waals surface area contributed by atoms with Crippen molar-refractivity contribution in [3.8, 4) is 0 Å². The van der Waals surface area contributed by atoms with Crippen molar-refractivity contribution < 1.29 is 4.79 Å². The third-order valence-corrected chi connectivity index (χ3v) is 2.17. The fourth-order valence-corrected chi connectivity index (χ4v) is 1.39. The summed E-state index contributed by atoms with van der Waals surface area (Å²) in [4.78, 5) is 15.5. The lowest BCUT2D eigenvalue weighted by atomic mass is 10.2. The molecule has 0 saturated heterocycles. The van der Waals surface area contributed by atoms with Crippen LogP contribution < -0.4 is 10.6 Å². The fraction of sp³-hybridized carbons (Fsp3) is 0.500. The van der Waals surface area contributed by atoms with Crippen LogP contribution in [0.3, 0.4) is 0 Å². The van der Waals surface area contributed by atoms with Gasteiger partial charge < -0.3 is 10.6 Å². The first-order valence-corrected chi connectivity index (χ1v) is 5.50. The van der Waals surface area contributed by atoms with Crippen molar-refractivity contribution in [2.24, 2.45) is 0 Å². The van der Waals surface area contributed by atoms with Crippen LogP contribution in [-0.4, -0.2) is 23.5 Å². The first-order valence-electron chi connectivity index (χ1n) is 5.50. The number of carbonyl (C=O) groups is 1. The van der Waals surface area contributed by atoms with E-state index in [1.165, 1.54) is 0 Å². The summed E-state index contributed by atoms with van der Waals surface area (Å²) in [6.45, 7) is 6.87. The Bertz CT molecular complexity index is 350. The van der Waals surface area contributed by atoms with Crippen LogP contribution in [0.1, 0.15) is 25.1 Å². The first kappa shape index (κ1) is 12.6. The summed E-state index contributed by atoms with van der Waals surface area (Å²) in [5.41, 5.74) is 2.12. The molecule has 4 heteroatoms. The monoisotopic (exact) mass is 221 g/mol. The Morgan fingerprint density at radius 1 is 1.50 bits per heavy atom. The minimum atomic E-state index is 0.0246. The lowest BCUT2D eigenvalue weighted by Gasteiger charge is -2.09. The highest BCUT2D eigenvalue weighted by molar-refractivity contribution is 5.78. The molecule has 1 amide bonds. The lowest BCUT2D eigenvalue weighted by molar-refractivity contribution is -0.120. The van der Waals surface area contributed by atoms with Crippen LogP contribution in [-0.2, 0) is 11.3 Å². The number of nitrogens with zero attached hydrogens (tertiary/aromatic N) is 1. The molecule has 0 fully saturated rings. The molecular formula is C12H19N3O. The molecule has 88 valence electrons. The molecule has 2 N–H and O–H groups in total. The highest BCUT2D eigenvalue weighted by atomic mass is 16.1. The summed E-state index contributed by atoms with van der Waals surface area (Å²) in [5, 5.41) is 5.92. The Morgan fingerprint density at radius 2 is 2.25 bits per heavy atom.